The SMILES string of the molecule is Cl.O=C(c1csc(-c2cccc(C(F)(F)F)c2)n1)N1CCNCC1. The molecule has 0 unspecified atom stereocenters. The molecule has 1 fully saturated rings. The molecule has 1 N–H and O–H groups in total. The first kappa shape index (κ1) is 18.7. The molecule has 1 aromatic heterocycles. The first-order valence-electron chi connectivity index (χ1n) is 7.08. The summed E-state index contributed by atoms with van der Waals surface area (Å²) in [6, 6.07) is 4.98. The Hall–Kier alpha value is -1.64. The average molecular weight is 378 g/mol. The van der Waals surface area contributed by atoms with Crippen molar-refractivity contribution in [1.82, 2.24) is 15.2 Å². The second-order valence-corrected chi connectivity index (χ2v) is 6.02. The van der Waals surface area contributed by atoms with Crippen LogP contribution in [0.5, 0.6) is 0 Å². The van der Waals surface area contributed by atoms with Gasteiger partial charge in [0, 0.05) is 37.1 Å². The maximum atomic E-state index is 12.8. The van der Waals surface area contributed by atoms with E-state index in [4.69, 9.17) is 0 Å². The van der Waals surface area contributed by atoms with Crippen molar-refractivity contribution in [2.45, 2.75) is 6.18 Å². The Morgan fingerprint density at radius 3 is 2.62 bits per heavy atom. The lowest BCUT2D eigenvalue weighted by molar-refractivity contribution is -0.137. The number of nitrogens with zero attached hydrogens (tertiary/aromatic N) is 2. The molecule has 0 bridgehead atoms. The van der Waals surface area contributed by atoms with Crippen LogP contribution in [0.3, 0.4) is 0 Å². The Labute approximate surface area is 147 Å². The van der Waals surface area contributed by atoms with Gasteiger partial charge in [-0.25, -0.2) is 4.98 Å². The van der Waals surface area contributed by atoms with Gasteiger partial charge in [0.25, 0.3) is 5.91 Å². The highest BCUT2D eigenvalue weighted by Gasteiger charge is 2.30. The lowest BCUT2D eigenvalue weighted by atomic mass is 10.1. The second kappa shape index (κ2) is 7.50. The van der Waals surface area contributed by atoms with Crippen molar-refractivity contribution in [2.75, 3.05) is 26.2 Å². The van der Waals surface area contributed by atoms with Gasteiger partial charge >= 0.3 is 6.18 Å². The van der Waals surface area contributed by atoms with Crippen molar-refractivity contribution in [2.24, 2.45) is 0 Å². The smallest absolute Gasteiger partial charge is 0.335 e. The molecule has 130 valence electrons. The van der Waals surface area contributed by atoms with E-state index in [9.17, 15) is 18.0 Å². The predicted molar refractivity (Wildman–Crippen MR) is 88.6 cm³/mol. The standard InChI is InChI=1S/C15H14F3N3OS.ClH/c16-15(17,18)11-3-1-2-10(8-11)13-20-12(9-23-13)14(22)21-6-4-19-5-7-21;/h1-3,8-9,19H,4-7H2;1H. The molecule has 0 spiro atoms. The molecule has 2 heterocycles. The monoisotopic (exact) mass is 377 g/mol. The molecule has 0 saturated carbocycles. The van der Waals surface area contributed by atoms with Crippen LogP contribution in [0.15, 0.2) is 29.6 Å². The number of hydrogen-bond acceptors (Lipinski definition) is 4. The third kappa shape index (κ3) is 4.06. The molecule has 1 aliphatic heterocycles. The van der Waals surface area contributed by atoms with Crippen LogP contribution < -0.4 is 5.32 Å². The van der Waals surface area contributed by atoms with Crippen LogP contribution in [0.4, 0.5) is 13.2 Å². The van der Waals surface area contributed by atoms with Crippen LogP contribution >= 0.6 is 23.7 Å². The third-order valence-corrected chi connectivity index (χ3v) is 4.46. The molecule has 4 nitrogen and oxygen atoms in total. The number of aromatic nitrogens is 1. The molecule has 24 heavy (non-hydrogen) atoms. The quantitative estimate of drug-likeness (QED) is 0.873. The van der Waals surface area contributed by atoms with Gasteiger partial charge in [-0.1, -0.05) is 12.1 Å². The summed E-state index contributed by atoms with van der Waals surface area (Å²) in [5.74, 6) is -0.180. The topological polar surface area (TPSA) is 45.2 Å². The van der Waals surface area contributed by atoms with Gasteiger partial charge in [-0.15, -0.1) is 23.7 Å². The van der Waals surface area contributed by atoms with E-state index in [1.807, 2.05) is 0 Å². The summed E-state index contributed by atoms with van der Waals surface area (Å²) in [6.07, 6.45) is -4.40. The summed E-state index contributed by atoms with van der Waals surface area (Å²) in [4.78, 5) is 18.2. The van der Waals surface area contributed by atoms with E-state index in [1.54, 1.807) is 16.3 Å². The first-order chi connectivity index (χ1) is 10.9. The number of thiazole rings is 1. The van der Waals surface area contributed by atoms with E-state index in [0.717, 1.165) is 25.2 Å². The van der Waals surface area contributed by atoms with Crippen molar-refractivity contribution in [3.05, 3.63) is 40.9 Å². The number of rotatable bonds is 2. The molecule has 1 aliphatic rings. The van der Waals surface area contributed by atoms with E-state index < -0.39 is 11.7 Å². The van der Waals surface area contributed by atoms with Gasteiger partial charge in [-0.2, -0.15) is 13.2 Å². The summed E-state index contributed by atoms with van der Waals surface area (Å²) in [5, 5.41) is 5.16. The average Bonchev–Trinajstić information content (AvgIpc) is 3.04. The summed E-state index contributed by atoms with van der Waals surface area (Å²) in [5.41, 5.74) is -0.0753. The number of hydrogen-bond donors (Lipinski definition) is 1. The summed E-state index contributed by atoms with van der Waals surface area (Å²) in [6.45, 7) is 2.68. The van der Waals surface area contributed by atoms with Gasteiger partial charge < -0.3 is 10.2 Å². The van der Waals surface area contributed by atoms with Crippen LogP contribution in [0, 0.1) is 0 Å². The Morgan fingerprint density at radius 1 is 1.25 bits per heavy atom. The maximum Gasteiger partial charge on any atom is 0.416 e. The minimum absolute atomic E-state index is 0. The highest BCUT2D eigenvalue weighted by atomic mass is 35.5. The van der Waals surface area contributed by atoms with E-state index in [0.29, 0.717) is 23.7 Å². The number of carbonyl (C=O) groups excluding carboxylic acids is 1. The zero-order valence-corrected chi connectivity index (χ0v) is 14.1. The van der Waals surface area contributed by atoms with Gasteiger partial charge in [0.2, 0.25) is 0 Å². The zero-order chi connectivity index (χ0) is 16.4. The van der Waals surface area contributed by atoms with E-state index in [2.05, 4.69) is 10.3 Å². The Morgan fingerprint density at radius 2 is 1.96 bits per heavy atom. The number of piperazine rings is 1. The molecule has 0 aliphatic carbocycles. The van der Waals surface area contributed by atoms with Gasteiger partial charge in [0.05, 0.1) is 5.56 Å². The summed E-state index contributed by atoms with van der Waals surface area (Å²) < 4.78 is 38.3. The van der Waals surface area contributed by atoms with Crippen molar-refractivity contribution in [1.29, 1.82) is 0 Å². The largest absolute Gasteiger partial charge is 0.416 e. The maximum absolute atomic E-state index is 12.8. The van der Waals surface area contributed by atoms with Crippen LogP contribution in [0.1, 0.15) is 16.1 Å². The molecule has 0 radical (unpaired) electrons. The summed E-state index contributed by atoms with van der Waals surface area (Å²) >= 11 is 1.17. The highest BCUT2D eigenvalue weighted by molar-refractivity contribution is 7.13. The number of benzene rings is 1. The lowest BCUT2D eigenvalue weighted by Gasteiger charge is -2.26. The van der Waals surface area contributed by atoms with E-state index in [1.165, 1.54) is 17.4 Å². The van der Waals surface area contributed by atoms with Crippen LogP contribution in [0.25, 0.3) is 10.6 Å². The molecule has 1 saturated heterocycles. The number of halogens is 4. The Kier molecular flexibility index (Phi) is 5.84. The molecule has 3 rings (SSSR count). The van der Waals surface area contributed by atoms with Crippen LogP contribution in [0.2, 0.25) is 0 Å². The van der Waals surface area contributed by atoms with Crippen molar-refractivity contribution < 1.29 is 18.0 Å². The third-order valence-electron chi connectivity index (χ3n) is 3.56. The second-order valence-electron chi connectivity index (χ2n) is 5.16. The van der Waals surface area contributed by atoms with Gasteiger partial charge in [0.15, 0.2) is 0 Å². The van der Waals surface area contributed by atoms with Crippen molar-refractivity contribution in [3.63, 3.8) is 0 Å². The van der Waals surface area contributed by atoms with Crippen LogP contribution in [-0.2, 0) is 6.18 Å². The Bertz CT molecular complexity index is 714. The fraction of sp³-hybridized carbons (Fsp3) is 0.333. The number of amides is 1. The zero-order valence-electron chi connectivity index (χ0n) is 12.5. The minimum atomic E-state index is -4.40. The molecule has 1 amide bonds. The molecular weight excluding hydrogens is 363 g/mol. The molecule has 0 atom stereocenters. The number of carbonyl (C=O) groups is 1. The Balaban J connectivity index is 0.00000208. The highest BCUT2D eigenvalue weighted by Crippen LogP contribution is 2.33. The van der Waals surface area contributed by atoms with Gasteiger partial charge in [-0.3, -0.25) is 4.79 Å². The van der Waals surface area contributed by atoms with Crippen molar-refractivity contribution >= 4 is 29.7 Å². The van der Waals surface area contributed by atoms with Gasteiger partial charge in [-0.05, 0) is 12.1 Å². The fourth-order valence-corrected chi connectivity index (χ4v) is 3.15. The normalized spacial score (nSPS) is 15.0. The van der Waals surface area contributed by atoms with Gasteiger partial charge in [0.1, 0.15) is 10.7 Å². The minimum Gasteiger partial charge on any atom is -0.335 e. The van der Waals surface area contributed by atoms with Crippen molar-refractivity contribution in [3.8, 4) is 10.6 Å². The molecule has 1 aromatic carbocycles. The fourth-order valence-electron chi connectivity index (χ4n) is 2.36. The van der Waals surface area contributed by atoms with E-state index >= 15 is 0 Å². The molecular formula is C15H15ClF3N3OS. The molecule has 2 aromatic rings. The van der Waals surface area contributed by atoms with Crippen LogP contribution in [-0.4, -0.2) is 42.0 Å². The molecule has 9 heteroatoms. The van der Waals surface area contributed by atoms with E-state index in [-0.39, 0.29) is 24.0 Å². The number of alkyl halides is 3. The summed E-state index contributed by atoms with van der Waals surface area (Å²) in [7, 11) is 0. The number of nitrogens with one attached hydrogen (secondary N) is 1. The lowest BCUT2D eigenvalue weighted by Crippen LogP contribution is -2.46. The predicted octanol–water partition coefficient (Wildman–Crippen LogP) is 3.30. The first-order valence-corrected chi connectivity index (χ1v) is 7.96.